The zero-order chi connectivity index (χ0) is 17.8. The topological polar surface area (TPSA) is 48.3 Å². The molecule has 1 aromatic carbocycles. The number of hydrogen-bond acceptors (Lipinski definition) is 4. The molecule has 1 aromatic heterocycles. The van der Waals surface area contributed by atoms with Gasteiger partial charge in [-0.15, -0.1) is 0 Å². The maximum atomic E-state index is 5.90. The third-order valence-corrected chi connectivity index (χ3v) is 5.14. The SMILES string of the molecule is COc1ccc2c(c1)OCCC[C@H]2NCCCc1c(C)nn(C)c1C. The average Bonchev–Trinajstić information content (AvgIpc) is 2.78. The summed E-state index contributed by atoms with van der Waals surface area (Å²) in [6.45, 7) is 6.01. The molecule has 1 aliphatic heterocycles. The van der Waals surface area contributed by atoms with Gasteiger partial charge in [0.2, 0.25) is 0 Å². The van der Waals surface area contributed by atoms with E-state index < -0.39 is 0 Å². The predicted molar refractivity (Wildman–Crippen MR) is 99.5 cm³/mol. The Morgan fingerprint density at radius 1 is 1.36 bits per heavy atom. The lowest BCUT2D eigenvalue weighted by Gasteiger charge is -2.19. The Balaban J connectivity index is 1.60. The van der Waals surface area contributed by atoms with Crippen LogP contribution in [-0.2, 0) is 13.5 Å². The fraction of sp³-hybridized carbons (Fsp3) is 0.550. The summed E-state index contributed by atoms with van der Waals surface area (Å²) in [5.74, 6) is 1.80. The molecule has 0 radical (unpaired) electrons. The van der Waals surface area contributed by atoms with Crippen molar-refractivity contribution in [2.24, 2.45) is 7.05 Å². The van der Waals surface area contributed by atoms with Crippen LogP contribution in [0.4, 0.5) is 0 Å². The molecule has 0 aliphatic carbocycles. The smallest absolute Gasteiger partial charge is 0.127 e. The Labute approximate surface area is 150 Å². The number of rotatable bonds is 6. The second-order valence-corrected chi connectivity index (χ2v) is 6.78. The maximum absolute atomic E-state index is 5.90. The van der Waals surface area contributed by atoms with Crippen molar-refractivity contribution in [3.05, 3.63) is 40.7 Å². The van der Waals surface area contributed by atoms with E-state index in [9.17, 15) is 0 Å². The summed E-state index contributed by atoms with van der Waals surface area (Å²) in [4.78, 5) is 0. The predicted octanol–water partition coefficient (Wildman–Crippen LogP) is 3.48. The number of hydrogen-bond donors (Lipinski definition) is 1. The lowest BCUT2D eigenvalue weighted by atomic mass is 10.0. The molecule has 1 atom stereocenters. The normalized spacial score (nSPS) is 16.9. The lowest BCUT2D eigenvalue weighted by Crippen LogP contribution is -2.22. The minimum Gasteiger partial charge on any atom is -0.497 e. The fourth-order valence-electron chi connectivity index (χ4n) is 3.61. The summed E-state index contributed by atoms with van der Waals surface area (Å²) in [7, 11) is 3.71. The molecule has 0 saturated carbocycles. The molecule has 25 heavy (non-hydrogen) atoms. The van der Waals surface area contributed by atoms with Gasteiger partial charge in [-0.25, -0.2) is 0 Å². The zero-order valence-electron chi connectivity index (χ0n) is 15.8. The van der Waals surface area contributed by atoms with Gasteiger partial charge in [0.25, 0.3) is 0 Å². The molecule has 0 spiro atoms. The van der Waals surface area contributed by atoms with Crippen LogP contribution in [0.3, 0.4) is 0 Å². The molecule has 0 bridgehead atoms. The maximum Gasteiger partial charge on any atom is 0.127 e. The summed E-state index contributed by atoms with van der Waals surface area (Å²) in [6.07, 6.45) is 4.34. The first-order valence-electron chi connectivity index (χ1n) is 9.13. The van der Waals surface area contributed by atoms with Crippen LogP contribution in [0.5, 0.6) is 11.5 Å². The van der Waals surface area contributed by atoms with Gasteiger partial charge in [-0.05, 0) is 57.7 Å². The fourth-order valence-corrected chi connectivity index (χ4v) is 3.61. The number of benzene rings is 1. The summed E-state index contributed by atoms with van der Waals surface area (Å²) in [5.41, 5.74) is 5.06. The van der Waals surface area contributed by atoms with E-state index in [-0.39, 0.29) is 0 Å². The van der Waals surface area contributed by atoms with E-state index in [1.807, 2.05) is 23.9 Å². The van der Waals surface area contributed by atoms with Crippen LogP contribution < -0.4 is 14.8 Å². The van der Waals surface area contributed by atoms with Crippen LogP contribution >= 0.6 is 0 Å². The van der Waals surface area contributed by atoms with Crippen molar-refractivity contribution in [2.75, 3.05) is 20.3 Å². The average molecular weight is 343 g/mol. The van der Waals surface area contributed by atoms with E-state index in [4.69, 9.17) is 9.47 Å². The third-order valence-electron chi connectivity index (χ3n) is 5.14. The molecule has 5 heteroatoms. The quantitative estimate of drug-likeness (QED) is 0.816. The van der Waals surface area contributed by atoms with Gasteiger partial charge in [-0.3, -0.25) is 4.68 Å². The Bertz CT molecular complexity index is 724. The second-order valence-electron chi connectivity index (χ2n) is 6.78. The molecule has 0 amide bonds. The number of aryl methyl sites for hydroxylation is 2. The third kappa shape index (κ3) is 3.98. The second kappa shape index (κ2) is 7.91. The van der Waals surface area contributed by atoms with Crippen LogP contribution in [0, 0.1) is 13.8 Å². The number of ether oxygens (including phenoxy) is 2. The molecule has 0 saturated heterocycles. The van der Waals surface area contributed by atoms with Gasteiger partial charge in [0.1, 0.15) is 11.5 Å². The Hall–Kier alpha value is -2.01. The van der Waals surface area contributed by atoms with Crippen LogP contribution in [0.15, 0.2) is 18.2 Å². The van der Waals surface area contributed by atoms with E-state index in [0.29, 0.717) is 6.04 Å². The van der Waals surface area contributed by atoms with E-state index >= 15 is 0 Å². The molecule has 0 fully saturated rings. The number of fused-ring (bicyclic) bond motifs is 1. The molecule has 2 heterocycles. The van der Waals surface area contributed by atoms with E-state index in [0.717, 1.165) is 56.0 Å². The van der Waals surface area contributed by atoms with Gasteiger partial charge in [-0.2, -0.15) is 5.10 Å². The Kier molecular flexibility index (Phi) is 5.63. The highest BCUT2D eigenvalue weighted by Gasteiger charge is 2.20. The van der Waals surface area contributed by atoms with Gasteiger partial charge in [0, 0.05) is 30.4 Å². The van der Waals surface area contributed by atoms with Crippen molar-refractivity contribution in [3.63, 3.8) is 0 Å². The standard InChI is InChI=1S/C20H29N3O2/c1-14-17(15(2)23(3)22-14)7-5-11-21-19-8-6-12-25-20-13-16(24-4)9-10-18(19)20/h9-10,13,19,21H,5-8,11-12H2,1-4H3/t19-/m1/s1. The summed E-state index contributed by atoms with van der Waals surface area (Å²) in [6, 6.07) is 6.49. The molecule has 5 nitrogen and oxygen atoms in total. The number of nitrogens with one attached hydrogen (secondary N) is 1. The lowest BCUT2D eigenvalue weighted by molar-refractivity contribution is 0.313. The first kappa shape index (κ1) is 17.8. The molecule has 1 aliphatic rings. The molecular formula is C20H29N3O2. The zero-order valence-corrected chi connectivity index (χ0v) is 15.8. The Morgan fingerprint density at radius 3 is 2.92 bits per heavy atom. The first-order chi connectivity index (χ1) is 12.1. The summed E-state index contributed by atoms with van der Waals surface area (Å²) in [5, 5.41) is 8.23. The molecule has 3 rings (SSSR count). The van der Waals surface area contributed by atoms with E-state index in [1.54, 1.807) is 7.11 Å². The largest absolute Gasteiger partial charge is 0.497 e. The molecule has 0 unspecified atom stereocenters. The van der Waals surface area contributed by atoms with Crippen LogP contribution in [0.2, 0.25) is 0 Å². The Morgan fingerprint density at radius 2 is 2.20 bits per heavy atom. The first-order valence-corrected chi connectivity index (χ1v) is 9.13. The van der Waals surface area contributed by atoms with Crippen molar-refractivity contribution in [1.29, 1.82) is 0 Å². The highest BCUT2D eigenvalue weighted by atomic mass is 16.5. The van der Waals surface area contributed by atoms with Crippen molar-refractivity contribution in [3.8, 4) is 11.5 Å². The molecular weight excluding hydrogens is 314 g/mol. The molecule has 2 aromatic rings. The number of nitrogens with zero attached hydrogens (tertiary/aromatic N) is 2. The van der Waals surface area contributed by atoms with Gasteiger partial charge >= 0.3 is 0 Å². The van der Waals surface area contributed by atoms with Crippen molar-refractivity contribution in [1.82, 2.24) is 15.1 Å². The monoisotopic (exact) mass is 343 g/mol. The highest BCUT2D eigenvalue weighted by Crippen LogP contribution is 2.34. The minimum atomic E-state index is 0.347. The van der Waals surface area contributed by atoms with Crippen molar-refractivity contribution in [2.45, 2.75) is 45.6 Å². The summed E-state index contributed by atoms with van der Waals surface area (Å²) >= 11 is 0. The highest BCUT2D eigenvalue weighted by molar-refractivity contribution is 5.43. The van der Waals surface area contributed by atoms with Gasteiger partial charge < -0.3 is 14.8 Å². The van der Waals surface area contributed by atoms with Crippen LogP contribution in [-0.4, -0.2) is 30.0 Å². The van der Waals surface area contributed by atoms with Crippen molar-refractivity contribution < 1.29 is 9.47 Å². The van der Waals surface area contributed by atoms with Gasteiger partial charge in [-0.1, -0.05) is 6.07 Å². The van der Waals surface area contributed by atoms with E-state index in [2.05, 4.69) is 30.3 Å². The summed E-state index contributed by atoms with van der Waals surface area (Å²) < 4.78 is 13.2. The molecule has 136 valence electrons. The number of methoxy groups -OCH3 is 1. The van der Waals surface area contributed by atoms with Crippen molar-refractivity contribution >= 4 is 0 Å². The van der Waals surface area contributed by atoms with Crippen LogP contribution in [0.25, 0.3) is 0 Å². The van der Waals surface area contributed by atoms with Gasteiger partial charge in [0.15, 0.2) is 0 Å². The molecule has 1 N–H and O–H groups in total. The number of aromatic nitrogens is 2. The van der Waals surface area contributed by atoms with Gasteiger partial charge in [0.05, 0.1) is 19.4 Å². The van der Waals surface area contributed by atoms with Crippen LogP contribution in [0.1, 0.15) is 47.8 Å². The minimum absolute atomic E-state index is 0.347. The van der Waals surface area contributed by atoms with E-state index in [1.165, 1.54) is 16.8 Å².